The largest absolute Gasteiger partial charge is 0.316 e. The second-order valence-corrected chi connectivity index (χ2v) is 5.89. The molecule has 0 heterocycles. The molecule has 1 nitrogen and oxygen atoms in total. The van der Waals surface area contributed by atoms with Crippen LogP contribution in [-0.2, 0) is 0 Å². The van der Waals surface area contributed by atoms with Gasteiger partial charge in [-0.3, -0.25) is 0 Å². The predicted molar refractivity (Wildman–Crippen MR) is 68.1 cm³/mol. The first kappa shape index (κ1) is 13.0. The molecule has 0 aromatic rings. The van der Waals surface area contributed by atoms with Crippen LogP contribution in [0.5, 0.6) is 0 Å². The third-order valence-electron chi connectivity index (χ3n) is 3.59. The number of hydrogen-bond donors (Lipinski definition) is 1. The molecule has 1 heteroatoms. The van der Waals surface area contributed by atoms with Crippen LogP contribution in [-0.4, -0.2) is 13.1 Å². The van der Waals surface area contributed by atoms with E-state index in [-0.39, 0.29) is 0 Å². The minimum atomic E-state index is 0.784. The molecule has 1 atom stereocenters. The minimum Gasteiger partial charge on any atom is -0.316 e. The molecular formula is C14H29N. The molecule has 1 N–H and O–H groups in total. The van der Waals surface area contributed by atoms with Crippen LogP contribution in [0, 0.1) is 17.8 Å². The first-order valence-electron chi connectivity index (χ1n) is 6.89. The summed E-state index contributed by atoms with van der Waals surface area (Å²) in [6.07, 6.45) is 8.90. The van der Waals surface area contributed by atoms with Crippen molar-refractivity contribution in [3.05, 3.63) is 0 Å². The Hall–Kier alpha value is -0.0400. The molecule has 15 heavy (non-hydrogen) atoms. The van der Waals surface area contributed by atoms with E-state index in [0.717, 1.165) is 17.8 Å². The van der Waals surface area contributed by atoms with Gasteiger partial charge in [0.1, 0.15) is 0 Å². The lowest BCUT2D eigenvalue weighted by molar-refractivity contribution is 0.392. The molecule has 0 saturated heterocycles. The van der Waals surface area contributed by atoms with E-state index >= 15 is 0 Å². The average Bonchev–Trinajstić information content (AvgIpc) is 2.66. The van der Waals surface area contributed by atoms with Crippen molar-refractivity contribution in [2.45, 2.75) is 59.3 Å². The van der Waals surface area contributed by atoms with Gasteiger partial charge in [0.05, 0.1) is 0 Å². The maximum absolute atomic E-state index is 3.56. The fourth-order valence-electron chi connectivity index (χ4n) is 2.54. The molecule has 1 aliphatic rings. The van der Waals surface area contributed by atoms with Crippen LogP contribution < -0.4 is 5.32 Å². The van der Waals surface area contributed by atoms with Crippen LogP contribution in [0.25, 0.3) is 0 Å². The Morgan fingerprint density at radius 1 is 1.07 bits per heavy atom. The van der Waals surface area contributed by atoms with Gasteiger partial charge in [-0.15, -0.1) is 0 Å². The van der Waals surface area contributed by atoms with Gasteiger partial charge in [0, 0.05) is 0 Å². The van der Waals surface area contributed by atoms with Gasteiger partial charge < -0.3 is 5.32 Å². The van der Waals surface area contributed by atoms with E-state index in [4.69, 9.17) is 0 Å². The van der Waals surface area contributed by atoms with E-state index in [1.807, 2.05) is 0 Å². The van der Waals surface area contributed by atoms with Crippen molar-refractivity contribution in [2.75, 3.05) is 13.1 Å². The SMILES string of the molecule is CC(C)CNCC(C)CCC1CCCC1. The first-order chi connectivity index (χ1) is 7.18. The molecule has 0 aliphatic heterocycles. The molecule has 1 aliphatic carbocycles. The third kappa shape index (κ3) is 6.19. The monoisotopic (exact) mass is 211 g/mol. The van der Waals surface area contributed by atoms with Gasteiger partial charge >= 0.3 is 0 Å². The second kappa shape index (κ2) is 7.27. The van der Waals surface area contributed by atoms with Crippen LogP contribution in [0.2, 0.25) is 0 Å². The van der Waals surface area contributed by atoms with Gasteiger partial charge in [-0.1, -0.05) is 52.9 Å². The molecule has 0 aromatic carbocycles. The van der Waals surface area contributed by atoms with E-state index in [1.54, 1.807) is 0 Å². The number of hydrogen-bond acceptors (Lipinski definition) is 1. The molecular weight excluding hydrogens is 182 g/mol. The van der Waals surface area contributed by atoms with Gasteiger partial charge in [-0.05, 0) is 37.3 Å². The summed E-state index contributed by atoms with van der Waals surface area (Å²) in [4.78, 5) is 0. The van der Waals surface area contributed by atoms with Crippen LogP contribution in [0.4, 0.5) is 0 Å². The zero-order valence-corrected chi connectivity index (χ0v) is 10.9. The molecule has 0 bridgehead atoms. The summed E-state index contributed by atoms with van der Waals surface area (Å²) < 4.78 is 0. The zero-order valence-electron chi connectivity index (χ0n) is 10.9. The number of nitrogens with one attached hydrogen (secondary N) is 1. The normalized spacial score (nSPS) is 20.0. The van der Waals surface area contributed by atoms with Crippen molar-refractivity contribution in [1.82, 2.24) is 5.32 Å². The molecule has 1 fully saturated rings. The summed E-state index contributed by atoms with van der Waals surface area (Å²) in [5, 5.41) is 3.56. The summed E-state index contributed by atoms with van der Waals surface area (Å²) in [6.45, 7) is 9.33. The molecule has 0 amide bonds. The Morgan fingerprint density at radius 3 is 2.33 bits per heavy atom. The highest BCUT2D eigenvalue weighted by atomic mass is 14.9. The van der Waals surface area contributed by atoms with Crippen LogP contribution in [0.3, 0.4) is 0 Å². The predicted octanol–water partition coefficient (Wildman–Crippen LogP) is 3.84. The van der Waals surface area contributed by atoms with E-state index in [9.17, 15) is 0 Å². The molecule has 1 saturated carbocycles. The highest BCUT2D eigenvalue weighted by Gasteiger charge is 2.15. The maximum Gasteiger partial charge on any atom is -0.00230 e. The minimum absolute atomic E-state index is 0.784. The fourth-order valence-corrected chi connectivity index (χ4v) is 2.54. The highest BCUT2D eigenvalue weighted by molar-refractivity contribution is 4.69. The summed E-state index contributed by atoms with van der Waals surface area (Å²) in [6, 6.07) is 0. The summed E-state index contributed by atoms with van der Waals surface area (Å²) >= 11 is 0. The highest BCUT2D eigenvalue weighted by Crippen LogP contribution is 2.29. The summed E-state index contributed by atoms with van der Waals surface area (Å²) in [5.74, 6) is 2.72. The maximum atomic E-state index is 3.56. The lowest BCUT2D eigenvalue weighted by Gasteiger charge is -2.16. The van der Waals surface area contributed by atoms with Crippen molar-refractivity contribution in [2.24, 2.45) is 17.8 Å². The Morgan fingerprint density at radius 2 is 1.73 bits per heavy atom. The average molecular weight is 211 g/mol. The van der Waals surface area contributed by atoms with Crippen LogP contribution in [0.1, 0.15) is 59.3 Å². The molecule has 0 spiro atoms. The van der Waals surface area contributed by atoms with E-state index in [1.165, 1.54) is 51.6 Å². The van der Waals surface area contributed by atoms with Crippen molar-refractivity contribution in [1.29, 1.82) is 0 Å². The quantitative estimate of drug-likeness (QED) is 0.674. The van der Waals surface area contributed by atoms with E-state index < -0.39 is 0 Å². The lowest BCUT2D eigenvalue weighted by Crippen LogP contribution is -2.25. The molecule has 0 radical (unpaired) electrons. The topological polar surface area (TPSA) is 12.0 Å². The van der Waals surface area contributed by atoms with Crippen molar-refractivity contribution in [3.8, 4) is 0 Å². The van der Waals surface area contributed by atoms with E-state index in [2.05, 4.69) is 26.1 Å². The lowest BCUT2D eigenvalue weighted by atomic mass is 9.95. The molecule has 0 aromatic heterocycles. The van der Waals surface area contributed by atoms with Gasteiger partial charge in [-0.2, -0.15) is 0 Å². The second-order valence-electron chi connectivity index (χ2n) is 5.89. The third-order valence-corrected chi connectivity index (χ3v) is 3.59. The molecule has 90 valence electrons. The molecule has 1 rings (SSSR count). The summed E-state index contributed by atoms with van der Waals surface area (Å²) in [7, 11) is 0. The van der Waals surface area contributed by atoms with Gasteiger partial charge in [-0.25, -0.2) is 0 Å². The van der Waals surface area contributed by atoms with Crippen LogP contribution >= 0.6 is 0 Å². The molecule has 1 unspecified atom stereocenters. The van der Waals surface area contributed by atoms with Gasteiger partial charge in [0.15, 0.2) is 0 Å². The van der Waals surface area contributed by atoms with E-state index in [0.29, 0.717) is 0 Å². The Bertz CT molecular complexity index is 147. The van der Waals surface area contributed by atoms with Crippen molar-refractivity contribution < 1.29 is 0 Å². The van der Waals surface area contributed by atoms with Gasteiger partial charge in [0.2, 0.25) is 0 Å². The van der Waals surface area contributed by atoms with Gasteiger partial charge in [0.25, 0.3) is 0 Å². The Labute approximate surface area is 96.0 Å². The van der Waals surface area contributed by atoms with Crippen molar-refractivity contribution >= 4 is 0 Å². The Kier molecular flexibility index (Phi) is 6.31. The van der Waals surface area contributed by atoms with Crippen molar-refractivity contribution in [3.63, 3.8) is 0 Å². The Balaban J connectivity index is 1.95. The standard InChI is InChI=1S/C14H29N/c1-12(2)10-15-11-13(3)8-9-14-6-4-5-7-14/h12-15H,4-11H2,1-3H3. The fraction of sp³-hybridized carbons (Fsp3) is 1.00. The smallest absolute Gasteiger partial charge is 0.00230 e. The van der Waals surface area contributed by atoms with Crippen LogP contribution in [0.15, 0.2) is 0 Å². The first-order valence-corrected chi connectivity index (χ1v) is 6.89. The zero-order chi connectivity index (χ0) is 11.1. The summed E-state index contributed by atoms with van der Waals surface area (Å²) in [5.41, 5.74) is 0. The number of rotatable bonds is 7.